The molecular weight excluding hydrogens is 307 g/mol. The summed E-state index contributed by atoms with van der Waals surface area (Å²) in [5.41, 5.74) is 0. The fourth-order valence-corrected chi connectivity index (χ4v) is 1.40. The van der Waals surface area contributed by atoms with Crippen molar-refractivity contribution in [2.24, 2.45) is 0 Å². The Morgan fingerprint density at radius 1 is 1.30 bits per heavy atom. The van der Waals surface area contributed by atoms with E-state index in [9.17, 15) is 4.79 Å². The van der Waals surface area contributed by atoms with E-state index in [0.29, 0.717) is 0 Å². The van der Waals surface area contributed by atoms with E-state index in [4.69, 9.17) is 23.2 Å². The maximum Gasteiger partial charge on any atom is 0.135 e. The van der Waals surface area contributed by atoms with Crippen LogP contribution in [0.4, 0.5) is 0 Å². The van der Waals surface area contributed by atoms with E-state index in [-0.39, 0.29) is 14.1 Å². The molecule has 0 rings (SSSR count). The van der Waals surface area contributed by atoms with Gasteiger partial charge in [0.1, 0.15) is 10.8 Å². The molecule has 0 saturated heterocycles. The van der Waals surface area contributed by atoms with Gasteiger partial charge in [-0.25, -0.2) is 0 Å². The summed E-state index contributed by atoms with van der Waals surface area (Å²) in [4.78, 5) is 9.69. The summed E-state index contributed by atoms with van der Waals surface area (Å²) in [7, 11) is 0. The van der Waals surface area contributed by atoms with Crippen LogP contribution in [-0.2, 0) is 4.79 Å². The van der Waals surface area contributed by atoms with Crippen molar-refractivity contribution in [3.63, 3.8) is 0 Å². The zero-order chi connectivity index (χ0) is 8.15. The summed E-state index contributed by atoms with van der Waals surface area (Å²) in [5.74, 6) is 0. The van der Waals surface area contributed by atoms with Crippen molar-refractivity contribution < 1.29 is 4.79 Å². The lowest BCUT2D eigenvalue weighted by molar-refractivity contribution is -0.107. The van der Waals surface area contributed by atoms with Gasteiger partial charge in [-0.2, -0.15) is 0 Å². The van der Waals surface area contributed by atoms with Gasteiger partial charge in [0.25, 0.3) is 0 Å². The summed E-state index contributed by atoms with van der Waals surface area (Å²) in [6.07, 6.45) is 2.28. The van der Waals surface area contributed by atoms with Crippen LogP contribution in [0.1, 0.15) is 0 Å². The molecule has 0 amide bonds. The number of rotatable bonds is 3. The molecule has 58 valence electrons. The van der Waals surface area contributed by atoms with Crippen LogP contribution in [0.3, 0.4) is 0 Å². The van der Waals surface area contributed by atoms with Gasteiger partial charge in [-0.3, -0.25) is 0 Å². The second-order valence-electron chi connectivity index (χ2n) is 1.48. The molecule has 0 spiro atoms. The molecule has 0 aliphatic rings. The number of aldehydes is 1. The van der Waals surface area contributed by atoms with Crippen LogP contribution < -0.4 is 0 Å². The maximum absolute atomic E-state index is 10.1. The van der Waals surface area contributed by atoms with Crippen LogP contribution in [0.25, 0.3) is 0 Å². The predicted octanol–water partition coefficient (Wildman–Crippen LogP) is 3.03. The highest BCUT2D eigenvalue weighted by Crippen LogP contribution is 2.18. The van der Waals surface area contributed by atoms with Crippen molar-refractivity contribution in [2.75, 3.05) is 0 Å². The first-order chi connectivity index (χ1) is 4.57. The molecule has 0 aromatic heterocycles. The van der Waals surface area contributed by atoms with Crippen molar-refractivity contribution in [3.05, 3.63) is 10.6 Å². The molecule has 5 heteroatoms. The van der Waals surface area contributed by atoms with E-state index in [2.05, 4.69) is 31.9 Å². The normalized spacial score (nSPS) is 15.6. The maximum atomic E-state index is 10.1. The van der Waals surface area contributed by atoms with Gasteiger partial charge in [0.2, 0.25) is 0 Å². The first kappa shape index (κ1) is 11.0. The fourth-order valence-electron chi connectivity index (χ4n) is 0.287. The van der Waals surface area contributed by atoms with E-state index in [1.54, 1.807) is 0 Å². The lowest BCUT2D eigenvalue weighted by Crippen LogP contribution is -2.12. The molecular formula is C5H4Br2Cl2O. The predicted molar refractivity (Wildman–Crippen MR) is 51.3 cm³/mol. The highest BCUT2D eigenvalue weighted by molar-refractivity contribution is 9.12. The Labute approximate surface area is 86.0 Å². The third-order valence-electron chi connectivity index (χ3n) is 0.719. The minimum atomic E-state index is -0.292. The molecule has 0 fully saturated rings. The number of halogens is 4. The van der Waals surface area contributed by atoms with E-state index < -0.39 is 0 Å². The first-order valence-electron chi connectivity index (χ1n) is 2.34. The Bertz CT molecular complexity index is 145. The molecule has 0 heterocycles. The minimum absolute atomic E-state index is 0.146. The first-order valence-corrected chi connectivity index (χ1v) is 4.93. The van der Waals surface area contributed by atoms with E-state index in [1.165, 1.54) is 6.08 Å². The van der Waals surface area contributed by atoms with Crippen LogP contribution in [0.15, 0.2) is 10.6 Å². The molecule has 0 aromatic rings. The van der Waals surface area contributed by atoms with Crippen molar-refractivity contribution in [3.8, 4) is 0 Å². The summed E-state index contributed by atoms with van der Waals surface area (Å²) < 4.78 is 0.146. The van der Waals surface area contributed by atoms with Crippen LogP contribution in [0, 0.1) is 0 Å². The lowest BCUT2D eigenvalue weighted by atomic mass is 10.3. The van der Waals surface area contributed by atoms with Crippen molar-refractivity contribution >= 4 is 61.3 Å². The van der Waals surface area contributed by atoms with Gasteiger partial charge in [-0.1, -0.05) is 55.1 Å². The third kappa shape index (κ3) is 4.72. The standard InChI is InChI=1S/C5H4Br2Cl2O/c6-3(1-5(8)9)4(7)2-10/h1-4H. The Kier molecular flexibility index (Phi) is 6.11. The molecule has 0 N–H and O–H groups in total. The number of hydrogen-bond acceptors (Lipinski definition) is 1. The molecule has 0 saturated carbocycles. The molecule has 0 bridgehead atoms. The monoisotopic (exact) mass is 308 g/mol. The fraction of sp³-hybridized carbons (Fsp3) is 0.400. The molecule has 0 radical (unpaired) electrons. The summed E-state index contributed by atoms with van der Waals surface area (Å²) in [6.45, 7) is 0. The molecule has 0 aliphatic heterocycles. The number of carbonyl (C=O) groups excluding carboxylic acids is 1. The van der Waals surface area contributed by atoms with Gasteiger partial charge < -0.3 is 4.79 Å². The van der Waals surface area contributed by atoms with Crippen LogP contribution in [0.2, 0.25) is 0 Å². The largest absolute Gasteiger partial charge is 0.302 e. The second-order valence-corrected chi connectivity index (χ2v) is 4.60. The quantitative estimate of drug-likeness (QED) is 0.578. The number of alkyl halides is 2. The SMILES string of the molecule is O=CC(Br)C(Br)C=C(Cl)Cl. The third-order valence-corrected chi connectivity index (χ3v) is 3.30. The van der Waals surface area contributed by atoms with Crippen LogP contribution in [0.5, 0.6) is 0 Å². The highest BCUT2D eigenvalue weighted by atomic mass is 79.9. The Hall–Kier alpha value is 0.950. The van der Waals surface area contributed by atoms with Crippen molar-refractivity contribution in [2.45, 2.75) is 9.65 Å². The molecule has 0 aliphatic carbocycles. The molecule has 0 aromatic carbocycles. The van der Waals surface area contributed by atoms with E-state index >= 15 is 0 Å². The van der Waals surface area contributed by atoms with E-state index in [0.717, 1.165) is 6.29 Å². The topological polar surface area (TPSA) is 17.1 Å². The lowest BCUT2D eigenvalue weighted by Gasteiger charge is -2.03. The smallest absolute Gasteiger partial charge is 0.135 e. The molecule has 1 nitrogen and oxygen atoms in total. The van der Waals surface area contributed by atoms with Crippen LogP contribution in [-0.4, -0.2) is 15.9 Å². The second kappa shape index (κ2) is 5.58. The van der Waals surface area contributed by atoms with Crippen LogP contribution >= 0.6 is 55.1 Å². The Balaban J connectivity index is 3.95. The average molecular weight is 311 g/mol. The summed E-state index contributed by atoms with van der Waals surface area (Å²) >= 11 is 16.9. The van der Waals surface area contributed by atoms with Gasteiger partial charge >= 0.3 is 0 Å². The van der Waals surface area contributed by atoms with Gasteiger partial charge in [-0.05, 0) is 6.08 Å². The minimum Gasteiger partial charge on any atom is -0.302 e. The molecule has 2 atom stereocenters. The van der Waals surface area contributed by atoms with Crippen molar-refractivity contribution in [1.82, 2.24) is 0 Å². The van der Waals surface area contributed by atoms with Gasteiger partial charge in [0, 0.05) is 0 Å². The number of hydrogen-bond donors (Lipinski definition) is 0. The summed E-state index contributed by atoms with van der Waals surface area (Å²) in [6, 6.07) is 0. The number of allylic oxidation sites excluding steroid dienone is 1. The summed E-state index contributed by atoms with van der Waals surface area (Å²) in [5, 5.41) is 0. The molecule has 10 heavy (non-hydrogen) atoms. The van der Waals surface area contributed by atoms with Gasteiger partial charge in [0.05, 0.1) is 9.65 Å². The average Bonchev–Trinajstić information content (AvgIpc) is 1.85. The zero-order valence-corrected chi connectivity index (χ0v) is 9.41. The van der Waals surface area contributed by atoms with Crippen molar-refractivity contribution in [1.29, 1.82) is 0 Å². The highest BCUT2D eigenvalue weighted by Gasteiger charge is 2.11. The Morgan fingerprint density at radius 3 is 2.10 bits per heavy atom. The number of carbonyl (C=O) groups is 1. The zero-order valence-electron chi connectivity index (χ0n) is 4.73. The van der Waals surface area contributed by atoms with Gasteiger partial charge in [-0.15, -0.1) is 0 Å². The molecule has 2 unspecified atom stereocenters. The van der Waals surface area contributed by atoms with E-state index in [1.807, 2.05) is 0 Å². The van der Waals surface area contributed by atoms with Gasteiger partial charge in [0.15, 0.2) is 0 Å². The Morgan fingerprint density at radius 2 is 1.80 bits per heavy atom.